The van der Waals surface area contributed by atoms with Gasteiger partial charge in [0.2, 0.25) is 0 Å². The minimum atomic E-state index is -4.39. The van der Waals surface area contributed by atoms with Crippen LogP contribution in [0.25, 0.3) is 0 Å². The molecule has 0 aliphatic rings. The van der Waals surface area contributed by atoms with Gasteiger partial charge in [-0.15, -0.1) is 0 Å². The monoisotopic (exact) mass is 439 g/mol. The van der Waals surface area contributed by atoms with E-state index in [4.69, 9.17) is 14.2 Å². The SMILES string of the molecule is CN=C(NCCc1ccc(OC)c(OC)c1)NCc1ccc(C)cc1OCC(F)(F)F. The van der Waals surface area contributed by atoms with Crippen LogP contribution in [0.3, 0.4) is 0 Å². The number of methoxy groups -OCH3 is 2. The molecule has 0 radical (unpaired) electrons. The summed E-state index contributed by atoms with van der Waals surface area (Å²) >= 11 is 0. The number of nitrogens with zero attached hydrogens (tertiary/aromatic N) is 1. The Labute approximate surface area is 180 Å². The maximum Gasteiger partial charge on any atom is 0.422 e. The van der Waals surface area contributed by atoms with E-state index in [2.05, 4.69) is 15.6 Å². The maximum absolute atomic E-state index is 12.5. The first kappa shape index (κ1) is 24.2. The highest BCUT2D eigenvalue weighted by Gasteiger charge is 2.28. The Morgan fingerprint density at radius 2 is 1.71 bits per heavy atom. The van der Waals surface area contributed by atoms with Gasteiger partial charge in [-0.25, -0.2) is 0 Å². The Kier molecular flexibility index (Phi) is 8.84. The summed E-state index contributed by atoms with van der Waals surface area (Å²) in [6.45, 7) is 1.33. The second-order valence-electron chi connectivity index (χ2n) is 6.81. The van der Waals surface area contributed by atoms with Gasteiger partial charge in [-0.05, 0) is 42.7 Å². The highest BCUT2D eigenvalue weighted by molar-refractivity contribution is 5.79. The van der Waals surface area contributed by atoms with Crippen molar-refractivity contribution in [2.75, 3.05) is 34.4 Å². The topological polar surface area (TPSA) is 64.1 Å². The lowest BCUT2D eigenvalue weighted by Crippen LogP contribution is -2.38. The van der Waals surface area contributed by atoms with Crippen molar-refractivity contribution in [2.24, 2.45) is 4.99 Å². The van der Waals surface area contributed by atoms with Crippen molar-refractivity contribution in [3.8, 4) is 17.2 Å². The quantitative estimate of drug-likeness (QED) is 0.459. The maximum atomic E-state index is 12.5. The second kappa shape index (κ2) is 11.3. The number of nitrogens with one attached hydrogen (secondary N) is 2. The lowest BCUT2D eigenvalue weighted by molar-refractivity contribution is -0.153. The molecule has 6 nitrogen and oxygen atoms in total. The predicted molar refractivity (Wildman–Crippen MR) is 114 cm³/mol. The predicted octanol–water partition coefficient (Wildman–Crippen LogP) is 3.86. The fourth-order valence-electron chi connectivity index (χ4n) is 2.86. The molecule has 2 aromatic rings. The van der Waals surface area contributed by atoms with E-state index in [9.17, 15) is 13.2 Å². The van der Waals surface area contributed by atoms with Gasteiger partial charge < -0.3 is 24.8 Å². The van der Waals surface area contributed by atoms with Crippen LogP contribution in [0.4, 0.5) is 13.2 Å². The lowest BCUT2D eigenvalue weighted by Gasteiger charge is -2.16. The summed E-state index contributed by atoms with van der Waals surface area (Å²) in [5.74, 6) is 2.06. The normalized spacial score (nSPS) is 11.8. The van der Waals surface area contributed by atoms with Gasteiger partial charge in [0.15, 0.2) is 24.1 Å². The van der Waals surface area contributed by atoms with E-state index in [1.54, 1.807) is 40.3 Å². The van der Waals surface area contributed by atoms with E-state index in [1.807, 2.05) is 24.3 Å². The van der Waals surface area contributed by atoms with Crippen LogP contribution in [0, 0.1) is 6.92 Å². The zero-order valence-corrected chi connectivity index (χ0v) is 18.1. The van der Waals surface area contributed by atoms with Gasteiger partial charge >= 0.3 is 6.18 Å². The summed E-state index contributed by atoms with van der Waals surface area (Å²) in [5, 5.41) is 6.29. The van der Waals surface area contributed by atoms with Crippen LogP contribution in [0.5, 0.6) is 17.2 Å². The summed E-state index contributed by atoms with van der Waals surface area (Å²) in [6, 6.07) is 10.9. The van der Waals surface area contributed by atoms with Crippen LogP contribution >= 0.6 is 0 Å². The number of ether oxygens (including phenoxy) is 3. The number of hydrogen-bond donors (Lipinski definition) is 2. The fourth-order valence-corrected chi connectivity index (χ4v) is 2.86. The largest absolute Gasteiger partial charge is 0.493 e. The first-order valence-electron chi connectivity index (χ1n) is 9.70. The molecule has 0 heterocycles. The Balaban J connectivity index is 1.91. The molecule has 0 saturated carbocycles. The zero-order valence-electron chi connectivity index (χ0n) is 18.1. The average molecular weight is 439 g/mol. The molecule has 2 rings (SSSR count). The third-order valence-corrected chi connectivity index (χ3v) is 4.44. The standard InChI is InChI=1S/C22H28F3N3O3/c1-15-5-7-17(19(11-15)31-14-22(23,24)25)13-28-21(26-2)27-10-9-16-6-8-18(29-3)20(12-16)30-4/h5-8,11-12H,9-10,13-14H2,1-4H3,(H2,26,27,28). The molecule has 0 fully saturated rings. The van der Waals surface area contributed by atoms with E-state index in [-0.39, 0.29) is 12.3 Å². The first-order chi connectivity index (χ1) is 14.8. The molecule has 0 aliphatic carbocycles. The third kappa shape index (κ3) is 7.92. The first-order valence-corrected chi connectivity index (χ1v) is 9.70. The number of alkyl halides is 3. The van der Waals surface area contributed by atoms with Crippen molar-refractivity contribution in [2.45, 2.75) is 26.1 Å². The number of aliphatic imine (C=N–C) groups is 1. The average Bonchev–Trinajstić information content (AvgIpc) is 2.74. The number of aryl methyl sites for hydroxylation is 1. The van der Waals surface area contributed by atoms with Gasteiger partial charge in [0, 0.05) is 25.7 Å². The molecule has 0 aromatic heterocycles. The Morgan fingerprint density at radius 1 is 0.968 bits per heavy atom. The van der Waals surface area contributed by atoms with E-state index < -0.39 is 12.8 Å². The molecule has 0 bridgehead atoms. The number of rotatable bonds is 9. The molecular weight excluding hydrogens is 411 g/mol. The van der Waals surface area contributed by atoms with Crippen LogP contribution in [-0.4, -0.2) is 46.6 Å². The van der Waals surface area contributed by atoms with Crippen molar-refractivity contribution < 1.29 is 27.4 Å². The van der Waals surface area contributed by atoms with E-state index in [1.165, 1.54) is 0 Å². The van der Waals surface area contributed by atoms with Crippen molar-refractivity contribution in [1.29, 1.82) is 0 Å². The third-order valence-electron chi connectivity index (χ3n) is 4.44. The van der Waals surface area contributed by atoms with Crippen LogP contribution in [0.1, 0.15) is 16.7 Å². The van der Waals surface area contributed by atoms with E-state index >= 15 is 0 Å². The van der Waals surface area contributed by atoms with Gasteiger partial charge in [-0.1, -0.05) is 18.2 Å². The van der Waals surface area contributed by atoms with Crippen LogP contribution in [0.15, 0.2) is 41.4 Å². The highest BCUT2D eigenvalue weighted by atomic mass is 19.4. The Hall–Kier alpha value is -3.10. The minimum Gasteiger partial charge on any atom is -0.493 e. The molecule has 0 aliphatic heterocycles. The molecule has 170 valence electrons. The van der Waals surface area contributed by atoms with Crippen LogP contribution in [0.2, 0.25) is 0 Å². The molecule has 0 unspecified atom stereocenters. The molecule has 0 spiro atoms. The number of guanidine groups is 1. The molecule has 0 atom stereocenters. The Morgan fingerprint density at radius 3 is 2.35 bits per heavy atom. The molecule has 2 aromatic carbocycles. The van der Waals surface area contributed by atoms with Crippen molar-refractivity contribution in [3.63, 3.8) is 0 Å². The van der Waals surface area contributed by atoms with Crippen molar-refractivity contribution in [1.82, 2.24) is 10.6 Å². The second-order valence-corrected chi connectivity index (χ2v) is 6.81. The minimum absolute atomic E-state index is 0.200. The van der Waals surface area contributed by atoms with E-state index in [0.29, 0.717) is 36.0 Å². The van der Waals surface area contributed by atoms with E-state index in [0.717, 1.165) is 11.1 Å². The summed E-state index contributed by atoms with van der Waals surface area (Å²) in [5.41, 5.74) is 2.48. The number of hydrogen-bond acceptors (Lipinski definition) is 4. The highest BCUT2D eigenvalue weighted by Crippen LogP contribution is 2.27. The van der Waals surface area contributed by atoms with Gasteiger partial charge in [0.25, 0.3) is 0 Å². The van der Waals surface area contributed by atoms with Crippen molar-refractivity contribution >= 4 is 5.96 Å². The molecule has 2 N–H and O–H groups in total. The molecule has 0 amide bonds. The number of benzene rings is 2. The summed E-state index contributed by atoms with van der Waals surface area (Å²) < 4.78 is 53.1. The smallest absolute Gasteiger partial charge is 0.422 e. The van der Waals surface area contributed by atoms with Gasteiger partial charge in [-0.2, -0.15) is 13.2 Å². The molecule has 9 heteroatoms. The Bertz CT molecular complexity index is 886. The van der Waals surface area contributed by atoms with Gasteiger partial charge in [0.1, 0.15) is 5.75 Å². The summed E-state index contributed by atoms with van der Waals surface area (Å²) in [6.07, 6.45) is -3.68. The summed E-state index contributed by atoms with van der Waals surface area (Å²) in [4.78, 5) is 4.16. The fraction of sp³-hybridized carbons (Fsp3) is 0.409. The zero-order chi connectivity index (χ0) is 22.9. The van der Waals surface area contributed by atoms with Crippen molar-refractivity contribution in [3.05, 3.63) is 53.1 Å². The lowest BCUT2D eigenvalue weighted by atomic mass is 10.1. The van der Waals surface area contributed by atoms with Gasteiger partial charge in [0.05, 0.1) is 14.2 Å². The number of halogens is 3. The van der Waals surface area contributed by atoms with Crippen LogP contribution in [-0.2, 0) is 13.0 Å². The molecular formula is C22H28F3N3O3. The summed E-state index contributed by atoms with van der Waals surface area (Å²) in [7, 11) is 4.80. The van der Waals surface area contributed by atoms with Gasteiger partial charge in [-0.3, -0.25) is 4.99 Å². The molecule has 0 saturated heterocycles. The molecule has 31 heavy (non-hydrogen) atoms. The van der Waals surface area contributed by atoms with Crippen LogP contribution < -0.4 is 24.8 Å².